The Kier molecular flexibility index (Phi) is 8.25. The molecule has 2 saturated heterocycles. The molecule has 228 valence electrons. The Hall–Kier alpha value is -3.92. The van der Waals surface area contributed by atoms with Gasteiger partial charge in [0.15, 0.2) is 0 Å². The van der Waals surface area contributed by atoms with Crippen LogP contribution in [0.3, 0.4) is 0 Å². The Morgan fingerprint density at radius 1 is 1.07 bits per heavy atom. The molecule has 0 saturated carbocycles. The van der Waals surface area contributed by atoms with Crippen molar-refractivity contribution in [1.82, 2.24) is 19.4 Å². The van der Waals surface area contributed by atoms with Crippen molar-refractivity contribution < 1.29 is 23.4 Å². The topological polar surface area (TPSA) is 91.9 Å². The number of piperidine rings is 1. The van der Waals surface area contributed by atoms with Crippen molar-refractivity contribution in [2.75, 3.05) is 26.8 Å². The maximum absolute atomic E-state index is 12.2. The van der Waals surface area contributed by atoms with Crippen molar-refractivity contribution >= 4 is 39.6 Å². The summed E-state index contributed by atoms with van der Waals surface area (Å²) in [4.78, 5) is 24.6. The van der Waals surface area contributed by atoms with Crippen molar-refractivity contribution in [2.45, 2.75) is 57.4 Å². The zero-order valence-electron chi connectivity index (χ0n) is 24.7. The van der Waals surface area contributed by atoms with Crippen LogP contribution in [0.1, 0.15) is 59.0 Å². The van der Waals surface area contributed by atoms with Crippen LogP contribution in [-0.4, -0.2) is 58.3 Å². The minimum absolute atomic E-state index is 0.157. The van der Waals surface area contributed by atoms with Gasteiger partial charge in [-0.15, -0.1) is 0 Å². The van der Waals surface area contributed by atoms with Crippen LogP contribution in [0.25, 0.3) is 22.0 Å². The van der Waals surface area contributed by atoms with Crippen LogP contribution < -0.4 is 4.74 Å². The van der Waals surface area contributed by atoms with Gasteiger partial charge in [0.25, 0.3) is 0 Å². The van der Waals surface area contributed by atoms with Gasteiger partial charge in [0, 0.05) is 35.2 Å². The molecule has 2 aliphatic heterocycles. The van der Waals surface area contributed by atoms with Gasteiger partial charge in [0.1, 0.15) is 18.0 Å². The standard InChI is InChI=1S/C34H35ClN4O5/c1-41-34(40)23-8-10-29-30(18-23)39(19-25-4-3-16-42-25)31(36-29)20-38-14-11-22(12-15-38)28-5-2-6-32(37-28)44-21-24-7-9-27(35)26-13-17-43-33(24)26/h2,5-10,13,17-18,22,25H,3-4,11-12,14-16,19-21H2,1H3. The second-order valence-electron chi connectivity index (χ2n) is 11.6. The summed E-state index contributed by atoms with van der Waals surface area (Å²) >= 11 is 6.29. The molecule has 7 rings (SSSR count). The molecule has 0 aliphatic carbocycles. The van der Waals surface area contributed by atoms with Crippen LogP contribution >= 0.6 is 11.6 Å². The van der Waals surface area contributed by atoms with E-state index in [4.69, 9.17) is 40.2 Å². The monoisotopic (exact) mass is 614 g/mol. The normalized spacial score (nSPS) is 17.9. The third-order valence-electron chi connectivity index (χ3n) is 8.80. The molecule has 5 aromatic rings. The highest BCUT2D eigenvalue weighted by Gasteiger charge is 2.26. The molecule has 44 heavy (non-hydrogen) atoms. The minimum atomic E-state index is -0.344. The first kappa shape index (κ1) is 28.8. The van der Waals surface area contributed by atoms with E-state index in [1.54, 1.807) is 12.3 Å². The van der Waals surface area contributed by atoms with E-state index in [0.717, 1.165) is 97.6 Å². The molecule has 10 heteroatoms. The van der Waals surface area contributed by atoms with Crippen LogP contribution in [-0.2, 0) is 29.2 Å². The van der Waals surface area contributed by atoms with Gasteiger partial charge < -0.3 is 23.2 Å². The summed E-state index contributed by atoms with van der Waals surface area (Å²) in [5, 5.41) is 1.55. The smallest absolute Gasteiger partial charge is 0.337 e. The lowest BCUT2D eigenvalue weighted by Crippen LogP contribution is -2.34. The fourth-order valence-electron chi connectivity index (χ4n) is 6.41. The number of halogens is 1. The molecule has 2 fully saturated rings. The number of carbonyl (C=O) groups excluding carboxylic acids is 1. The number of fused-ring (bicyclic) bond motifs is 2. The van der Waals surface area contributed by atoms with E-state index in [-0.39, 0.29) is 12.1 Å². The van der Waals surface area contributed by atoms with Gasteiger partial charge in [0.05, 0.1) is 54.2 Å². The van der Waals surface area contributed by atoms with Gasteiger partial charge in [-0.1, -0.05) is 23.7 Å². The highest BCUT2D eigenvalue weighted by molar-refractivity contribution is 6.35. The second-order valence-corrected chi connectivity index (χ2v) is 12.0. The van der Waals surface area contributed by atoms with Gasteiger partial charge >= 0.3 is 5.97 Å². The maximum atomic E-state index is 12.2. The van der Waals surface area contributed by atoms with Crippen LogP contribution in [0.2, 0.25) is 5.02 Å². The number of carbonyl (C=O) groups is 1. The lowest BCUT2D eigenvalue weighted by Gasteiger charge is -2.31. The number of esters is 1. The lowest BCUT2D eigenvalue weighted by molar-refractivity contribution is 0.0601. The van der Waals surface area contributed by atoms with Crippen molar-refractivity contribution in [3.8, 4) is 5.88 Å². The van der Waals surface area contributed by atoms with Gasteiger partial charge in [-0.3, -0.25) is 4.90 Å². The maximum Gasteiger partial charge on any atom is 0.337 e. The summed E-state index contributed by atoms with van der Waals surface area (Å²) in [7, 11) is 1.41. The fraction of sp³-hybridized carbons (Fsp3) is 0.382. The Labute approximate surface area is 260 Å². The zero-order valence-corrected chi connectivity index (χ0v) is 25.5. The number of pyridine rings is 1. The van der Waals surface area contributed by atoms with Crippen molar-refractivity contribution in [1.29, 1.82) is 0 Å². The largest absolute Gasteiger partial charge is 0.473 e. The Morgan fingerprint density at radius 3 is 2.77 bits per heavy atom. The number of furan rings is 1. The summed E-state index contributed by atoms with van der Waals surface area (Å²) in [6, 6.07) is 17.3. The molecule has 5 heterocycles. The summed E-state index contributed by atoms with van der Waals surface area (Å²) in [5.74, 6) is 1.62. The zero-order chi connectivity index (χ0) is 30.0. The molecule has 0 amide bonds. The minimum Gasteiger partial charge on any atom is -0.473 e. The number of aromatic nitrogens is 3. The third kappa shape index (κ3) is 5.92. The highest BCUT2D eigenvalue weighted by Crippen LogP contribution is 2.31. The average molecular weight is 615 g/mol. The summed E-state index contributed by atoms with van der Waals surface area (Å²) in [6.07, 6.45) is 5.90. The SMILES string of the molecule is COC(=O)c1ccc2nc(CN3CCC(c4cccc(OCc5ccc(Cl)c6ccoc56)n4)CC3)n(CC3CCCO3)c2c1. The van der Waals surface area contributed by atoms with Crippen LogP contribution in [0.5, 0.6) is 5.88 Å². The average Bonchev–Trinajstić information content (AvgIpc) is 3.83. The molecule has 0 spiro atoms. The first-order valence-corrected chi connectivity index (χ1v) is 15.6. The number of hydrogen-bond donors (Lipinski definition) is 0. The van der Waals surface area contributed by atoms with Crippen LogP contribution in [0.15, 0.2) is 65.3 Å². The van der Waals surface area contributed by atoms with Crippen LogP contribution in [0, 0.1) is 0 Å². The second kappa shape index (κ2) is 12.6. The molecule has 9 nitrogen and oxygen atoms in total. The Morgan fingerprint density at radius 2 is 1.95 bits per heavy atom. The molecule has 2 aliphatic rings. The molecule has 1 atom stereocenters. The Balaban J connectivity index is 1.02. The molecule has 0 N–H and O–H groups in total. The number of nitrogens with zero attached hydrogens (tertiary/aromatic N) is 4. The van der Waals surface area contributed by atoms with E-state index >= 15 is 0 Å². The van der Waals surface area contributed by atoms with Gasteiger partial charge in [-0.2, -0.15) is 0 Å². The predicted molar refractivity (Wildman–Crippen MR) is 167 cm³/mol. The predicted octanol–water partition coefficient (Wildman–Crippen LogP) is 6.76. The number of hydrogen-bond acceptors (Lipinski definition) is 8. The quantitative estimate of drug-likeness (QED) is 0.168. The summed E-state index contributed by atoms with van der Waals surface area (Å²) in [6.45, 7) is 4.49. The summed E-state index contributed by atoms with van der Waals surface area (Å²) < 4.78 is 24.9. The molecular formula is C34H35ClN4O5. The van der Waals surface area contributed by atoms with E-state index in [1.807, 2.05) is 42.5 Å². The van der Waals surface area contributed by atoms with E-state index in [1.165, 1.54) is 7.11 Å². The van der Waals surface area contributed by atoms with Crippen LogP contribution in [0.4, 0.5) is 0 Å². The van der Waals surface area contributed by atoms with Gasteiger partial charge in [0.2, 0.25) is 5.88 Å². The molecule has 0 radical (unpaired) electrons. The number of rotatable bonds is 9. The van der Waals surface area contributed by atoms with E-state index in [9.17, 15) is 4.79 Å². The highest BCUT2D eigenvalue weighted by atomic mass is 35.5. The van der Waals surface area contributed by atoms with Gasteiger partial charge in [-0.25, -0.2) is 14.8 Å². The number of imidazole rings is 1. The van der Waals surface area contributed by atoms with Crippen molar-refractivity contribution in [2.24, 2.45) is 0 Å². The third-order valence-corrected chi connectivity index (χ3v) is 9.12. The van der Waals surface area contributed by atoms with E-state index in [0.29, 0.717) is 29.0 Å². The Bertz CT molecular complexity index is 1790. The first-order valence-electron chi connectivity index (χ1n) is 15.2. The van der Waals surface area contributed by atoms with Crippen molar-refractivity contribution in [3.63, 3.8) is 0 Å². The number of benzene rings is 2. The first-order chi connectivity index (χ1) is 21.6. The van der Waals surface area contributed by atoms with Crippen molar-refractivity contribution in [3.05, 3.63) is 88.5 Å². The molecule has 0 bridgehead atoms. The number of ether oxygens (including phenoxy) is 3. The molecule has 2 aromatic carbocycles. The summed E-state index contributed by atoms with van der Waals surface area (Å²) in [5.41, 5.74) is 5.09. The molecular weight excluding hydrogens is 580 g/mol. The fourth-order valence-corrected chi connectivity index (χ4v) is 6.62. The lowest BCUT2D eigenvalue weighted by atomic mass is 9.93. The molecule has 1 unspecified atom stereocenters. The van der Waals surface area contributed by atoms with Gasteiger partial charge in [-0.05, 0) is 75.2 Å². The number of likely N-dealkylation sites (tertiary alicyclic amines) is 1. The number of methoxy groups -OCH3 is 1. The molecule has 3 aromatic heterocycles. The van der Waals surface area contributed by atoms with E-state index in [2.05, 4.69) is 15.5 Å². The van der Waals surface area contributed by atoms with E-state index < -0.39 is 0 Å².